The van der Waals surface area contributed by atoms with Gasteiger partial charge in [0.15, 0.2) is 19.4 Å². The highest BCUT2D eigenvalue weighted by molar-refractivity contribution is 14.1. The standard InChI is InChI=1S/C12H15IO5/c1-8(14)9-4-5-10(17-6-15-2)11(13)12(9)18-7-16-3/h4-5H,6-7H2,1-3H3. The van der Waals surface area contributed by atoms with Crippen LogP contribution in [0.1, 0.15) is 17.3 Å². The third kappa shape index (κ3) is 3.82. The molecule has 18 heavy (non-hydrogen) atoms. The minimum atomic E-state index is -0.0719. The quantitative estimate of drug-likeness (QED) is 0.422. The molecule has 6 heteroatoms. The molecule has 1 aromatic carbocycles. The SMILES string of the molecule is COCOc1ccc(C(C)=O)c(OCOC)c1I. The van der Waals surface area contributed by atoms with E-state index in [0.717, 1.165) is 3.57 Å². The molecular weight excluding hydrogens is 351 g/mol. The first-order chi connectivity index (χ1) is 8.61. The molecule has 0 fully saturated rings. The molecule has 0 atom stereocenters. The third-order valence-corrected chi connectivity index (χ3v) is 3.12. The average molecular weight is 366 g/mol. The minimum Gasteiger partial charge on any atom is -0.466 e. The number of hydrogen-bond acceptors (Lipinski definition) is 5. The fourth-order valence-electron chi connectivity index (χ4n) is 1.31. The lowest BCUT2D eigenvalue weighted by Gasteiger charge is -2.14. The van der Waals surface area contributed by atoms with E-state index in [2.05, 4.69) is 22.6 Å². The number of Topliss-reactive ketones (excluding diaryl/α,β-unsaturated/α-hetero) is 1. The summed E-state index contributed by atoms with van der Waals surface area (Å²) < 4.78 is 21.2. The molecule has 1 rings (SSSR count). The van der Waals surface area contributed by atoms with Gasteiger partial charge in [-0.2, -0.15) is 0 Å². The Morgan fingerprint density at radius 2 is 1.78 bits per heavy atom. The summed E-state index contributed by atoms with van der Waals surface area (Å²) in [5.74, 6) is 1.00. The zero-order valence-electron chi connectivity index (χ0n) is 10.5. The van der Waals surface area contributed by atoms with Crippen LogP contribution >= 0.6 is 22.6 Å². The highest BCUT2D eigenvalue weighted by Crippen LogP contribution is 2.34. The van der Waals surface area contributed by atoms with Crippen LogP contribution in [0, 0.1) is 3.57 Å². The van der Waals surface area contributed by atoms with E-state index in [0.29, 0.717) is 17.1 Å². The zero-order chi connectivity index (χ0) is 13.5. The number of ether oxygens (including phenoxy) is 4. The van der Waals surface area contributed by atoms with Gasteiger partial charge in [0.2, 0.25) is 0 Å². The van der Waals surface area contributed by atoms with Crippen molar-refractivity contribution in [3.63, 3.8) is 0 Å². The second kappa shape index (κ2) is 7.55. The minimum absolute atomic E-state index is 0.0719. The predicted octanol–water partition coefficient (Wildman–Crippen LogP) is 2.46. The summed E-state index contributed by atoms with van der Waals surface area (Å²) in [5, 5.41) is 0. The first-order valence-corrected chi connectivity index (χ1v) is 6.26. The van der Waals surface area contributed by atoms with Crippen LogP contribution < -0.4 is 9.47 Å². The number of carbonyl (C=O) groups excluding carboxylic acids is 1. The van der Waals surface area contributed by atoms with E-state index in [1.807, 2.05) is 0 Å². The van der Waals surface area contributed by atoms with Crippen LogP contribution in [0.15, 0.2) is 12.1 Å². The van der Waals surface area contributed by atoms with Gasteiger partial charge in [-0.25, -0.2) is 0 Å². The Labute approximate surface area is 119 Å². The van der Waals surface area contributed by atoms with Crippen molar-refractivity contribution in [1.82, 2.24) is 0 Å². The normalized spacial score (nSPS) is 10.2. The van der Waals surface area contributed by atoms with Gasteiger partial charge in [-0.05, 0) is 41.6 Å². The Morgan fingerprint density at radius 3 is 2.33 bits per heavy atom. The second-order valence-electron chi connectivity index (χ2n) is 3.41. The number of hydrogen-bond donors (Lipinski definition) is 0. The third-order valence-electron chi connectivity index (χ3n) is 2.09. The van der Waals surface area contributed by atoms with Gasteiger partial charge in [-0.1, -0.05) is 0 Å². The highest BCUT2D eigenvalue weighted by atomic mass is 127. The number of methoxy groups -OCH3 is 2. The number of carbonyl (C=O) groups is 1. The van der Waals surface area contributed by atoms with Gasteiger partial charge in [-0.3, -0.25) is 4.79 Å². The van der Waals surface area contributed by atoms with Gasteiger partial charge in [0, 0.05) is 14.2 Å². The summed E-state index contributed by atoms with van der Waals surface area (Å²) in [7, 11) is 3.06. The molecule has 0 amide bonds. The van der Waals surface area contributed by atoms with E-state index >= 15 is 0 Å². The maximum atomic E-state index is 11.5. The molecule has 0 radical (unpaired) electrons. The van der Waals surface area contributed by atoms with Crippen LogP contribution in [0.3, 0.4) is 0 Å². The smallest absolute Gasteiger partial charge is 0.188 e. The molecule has 0 spiro atoms. The molecule has 0 N–H and O–H groups in total. The number of ketones is 1. The molecule has 0 aromatic heterocycles. The van der Waals surface area contributed by atoms with Crippen LogP contribution in [-0.4, -0.2) is 33.6 Å². The molecule has 5 nitrogen and oxygen atoms in total. The van der Waals surface area contributed by atoms with E-state index in [-0.39, 0.29) is 19.4 Å². The van der Waals surface area contributed by atoms with Gasteiger partial charge < -0.3 is 18.9 Å². The lowest BCUT2D eigenvalue weighted by Crippen LogP contribution is -2.08. The van der Waals surface area contributed by atoms with Gasteiger partial charge in [0.05, 0.1) is 9.13 Å². The molecule has 0 heterocycles. The first-order valence-electron chi connectivity index (χ1n) is 5.18. The van der Waals surface area contributed by atoms with E-state index in [9.17, 15) is 4.79 Å². The number of rotatable bonds is 7. The van der Waals surface area contributed by atoms with E-state index in [1.165, 1.54) is 14.0 Å². The lowest BCUT2D eigenvalue weighted by molar-refractivity contribution is 0.0443. The van der Waals surface area contributed by atoms with Crippen LogP contribution in [0.4, 0.5) is 0 Å². The lowest BCUT2D eigenvalue weighted by atomic mass is 10.1. The molecule has 0 aliphatic heterocycles. The predicted molar refractivity (Wildman–Crippen MR) is 74.2 cm³/mol. The van der Waals surface area contributed by atoms with E-state index < -0.39 is 0 Å². The summed E-state index contributed by atoms with van der Waals surface area (Å²) >= 11 is 2.07. The zero-order valence-corrected chi connectivity index (χ0v) is 12.6. The van der Waals surface area contributed by atoms with Gasteiger partial charge in [0.25, 0.3) is 0 Å². The monoisotopic (exact) mass is 366 g/mol. The Bertz CT molecular complexity index is 419. The van der Waals surface area contributed by atoms with E-state index in [4.69, 9.17) is 18.9 Å². The molecule has 0 aliphatic rings. The first kappa shape index (κ1) is 15.2. The Hall–Kier alpha value is -0.860. The molecule has 1 aromatic rings. The number of benzene rings is 1. The van der Waals surface area contributed by atoms with Crippen LogP contribution in [0.2, 0.25) is 0 Å². The van der Waals surface area contributed by atoms with Crippen molar-refractivity contribution < 1.29 is 23.7 Å². The summed E-state index contributed by atoms with van der Waals surface area (Å²) in [4.78, 5) is 11.5. The van der Waals surface area contributed by atoms with Crippen molar-refractivity contribution in [2.45, 2.75) is 6.92 Å². The van der Waals surface area contributed by atoms with Crippen LogP contribution in [0.5, 0.6) is 11.5 Å². The van der Waals surface area contributed by atoms with Gasteiger partial charge in [-0.15, -0.1) is 0 Å². The van der Waals surface area contributed by atoms with Gasteiger partial charge in [0.1, 0.15) is 11.5 Å². The summed E-state index contributed by atoms with van der Waals surface area (Å²) in [6.07, 6.45) is 0. The molecule has 0 aliphatic carbocycles. The Kier molecular flexibility index (Phi) is 6.37. The largest absolute Gasteiger partial charge is 0.466 e. The molecule has 100 valence electrons. The van der Waals surface area contributed by atoms with E-state index in [1.54, 1.807) is 19.2 Å². The van der Waals surface area contributed by atoms with Crippen molar-refractivity contribution >= 4 is 28.4 Å². The molecule has 0 saturated heterocycles. The van der Waals surface area contributed by atoms with Crippen molar-refractivity contribution in [2.75, 3.05) is 27.8 Å². The summed E-state index contributed by atoms with van der Waals surface area (Å²) in [6.45, 7) is 1.70. The summed E-state index contributed by atoms with van der Waals surface area (Å²) in [6, 6.07) is 3.39. The Balaban J connectivity index is 3.08. The average Bonchev–Trinajstić information content (AvgIpc) is 2.35. The fourth-order valence-corrected chi connectivity index (χ4v) is 2.09. The van der Waals surface area contributed by atoms with Crippen molar-refractivity contribution in [3.05, 3.63) is 21.3 Å². The van der Waals surface area contributed by atoms with Gasteiger partial charge >= 0.3 is 0 Å². The topological polar surface area (TPSA) is 54.0 Å². The second-order valence-corrected chi connectivity index (χ2v) is 4.49. The van der Waals surface area contributed by atoms with Crippen LogP contribution in [-0.2, 0) is 9.47 Å². The maximum Gasteiger partial charge on any atom is 0.188 e. The molecule has 0 unspecified atom stereocenters. The van der Waals surface area contributed by atoms with Crippen molar-refractivity contribution in [3.8, 4) is 11.5 Å². The maximum absolute atomic E-state index is 11.5. The van der Waals surface area contributed by atoms with Crippen LogP contribution in [0.25, 0.3) is 0 Å². The summed E-state index contributed by atoms with van der Waals surface area (Å²) in [5.41, 5.74) is 0.501. The molecule has 0 saturated carbocycles. The van der Waals surface area contributed by atoms with Crippen molar-refractivity contribution in [2.24, 2.45) is 0 Å². The molecule has 0 bridgehead atoms. The fraction of sp³-hybridized carbons (Fsp3) is 0.417. The molecular formula is C12H15IO5. The highest BCUT2D eigenvalue weighted by Gasteiger charge is 2.16. The number of halogens is 1. The van der Waals surface area contributed by atoms with Crippen molar-refractivity contribution in [1.29, 1.82) is 0 Å². The Morgan fingerprint density at radius 1 is 1.17 bits per heavy atom.